The minimum atomic E-state index is -1.38. The van der Waals surface area contributed by atoms with Gasteiger partial charge in [0, 0.05) is 18.7 Å². The zero-order valence-electron chi connectivity index (χ0n) is 9.11. The molecule has 0 aliphatic rings. The van der Waals surface area contributed by atoms with Gasteiger partial charge < -0.3 is 16.2 Å². The molecule has 1 unspecified atom stereocenters. The molecule has 0 fully saturated rings. The van der Waals surface area contributed by atoms with Crippen molar-refractivity contribution in [3.05, 3.63) is 23.6 Å². The second-order valence-corrected chi connectivity index (χ2v) is 3.54. The molecule has 4 N–H and O–H groups in total. The molecule has 92 valence electrons. The van der Waals surface area contributed by atoms with Crippen LogP contribution in [0.15, 0.2) is 12.3 Å². The molecule has 1 aromatic rings. The lowest BCUT2D eigenvalue weighted by Crippen LogP contribution is -2.25. The maximum atomic E-state index is 13.6. The number of carbonyl (C=O) groups is 2. The topological polar surface area (TPSA) is 105 Å². The van der Waals surface area contributed by atoms with E-state index in [1.54, 1.807) is 6.92 Å². The number of carboxylic acids is 1. The van der Waals surface area contributed by atoms with E-state index in [0.29, 0.717) is 0 Å². The van der Waals surface area contributed by atoms with Crippen LogP contribution >= 0.6 is 0 Å². The number of carboxylic acid groups (broad SMARTS) is 1. The van der Waals surface area contributed by atoms with Crippen LogP contribution in [0.25, 0.3) is 0 Å². The Kier molecular flexibility index (Phi) is 3.97. The monoisotopic (exact) mass is 241 g/mol. The Balaban J connectivity index is 2.88. The summed E-state index contributed by atoms with van der Waals surface area (Å²) in [6, 6.07) is 0.625. The average molecular weight is 241 g/mol. The number of aromatic nitrogens is 1. The van der Waals surface area contributed by atoms with Gasteiger partial charge in [-0.05, 0) is 13.0 Å². The van der Waals surface area contributed by atoms with Crippen LogP contribution in [0.5, 0.6) is 0 Å². The number of hydrogen-bond donors (Lipinski definition) is 3. The first kappa shape index (κ1) is 12.9. The number of pyridine rings is 1. The van der Waals surface area contributed by atoms with Gasteiger partial charge in [0.1, 0.15) is 5.56 Å². The Bertz CT molecular complexity index is 450. The van der Waals surface area contributed by atoms with Gasteiger partial charge >= 0.3 is 5.97 Å². The van der Waals surface area contributed by atoms with Gasteiger partial charge in [-0.3, -0.25) is 4.79 Å². The Morgan fingerprint density at radius 2 is 2.29 bits per heavy atom. The summed E-state index contributed by atoms with van der Waals surface area (Å²) in [7, 11) is 0. The highest BCUT2D eigenvalue weighted by Gasteiger charge is 2.16. The third-order valence-corrected chi connectivity index (χ3v) is 2.01. The molecule has 7 heteroatoms. The molecule has 17 heavy (non-hydrogen) atoms. The first-order valence-corrected chi connectivity index (χ1v) is 4.84. The van der Waals surface area contributed by atoms with Crippen LogP contribution in [0.2, 0.25) is 0 Å². The van der Waals surface area contributed by atoms with Crippen molar-refractivity contribution in [2.75, 3.05) is 5.32 Å². The van der Waals surface area contributed by atoms with Gasteiger partial charge in [0.2, 0.25) is 5.91 Å². The van der Waals surface area contributed by atoms with Crippen LogP contribution in [-0.2, 0) is 4.79 Å². The molecule has 1 atom stereocenters. The number of halogens is 1. The van der Waals surface area contributed by atoms with Gasteiger partial charge in [0.15, 0.2) is 11.6 Å². The van der Waals surface area contributed by atoms with Gasteiger partial charge in [-0.1, -0.05) is 0 Å². The minimum absolute atomic E-state index is 0.00157. The zero-order valence-corrected chi connectivity index (χ0v) is 9.11. The number of anilines is 1. The van der Waals surface area contributed by atoms with E-state index in [1.165, 1.54) is 6.20 Å². The fourth-order valence-electron chi connectivity index (χ4n) is 1.30. The van der Waals surface area contributed by atoms with Crippen molar-refractivity contribution >= 4 is 17.7 Å². The fraction of sp³-hybridized carbons (Fsp3) is 0.300. The number of aromatic carboxylic acids is 1. The van der Waals surface area contributed by atoms with Crippen molar-refractivity contribution in [1.29, 1.82) is 0 Å². The molecule has 0 aliphatic heterocycles. The summed E-state index contributed by atoms with van der Waals surface area (Å²) in [5, 5.41) is 11.3. The van der Waals surface area contributed by atoms with Crippen molar-refractivity contribution in [3.8, 4) is 0 Å². The van der Waals surface area contributed by atoms with Crippen molar-refractivity contribution in [1.82, 2.24) is 4.98 Å². The largest absolute Gasteiger partial charge is 0.478 e. The summed E-state index contributed by atoms with van der Waals surface area (Å²) in [5.41, 5.74) is 4.50. The standard InChI is InChI=1S/C10H12FN3O3/c1-5(4-7(12)15)14-9-8(11)6(10(16)17)2-3-13-9/h2-3,5H,4H2,1H3,(H2,12,15)(H,13,14)(H,16,17). The first-order valence-electron chi connectivity index (χ1n) is 4.84. The van der Waals surface area contributed by atoms with E-state index in [-0.39, 0.29) is 12.2 Å². The lowest BCUT2D eigenvalue weighted by atomic mass is 10.2. The van der Waals surface area contributed by atoms with Gasteiger partial charge in [0.25, 0.3) is 0 Å². The predicted molar refractivity (Wildman–Crippen MR) is 58.1 cm³/mol. The lowest BCUT2D eigenvalue weighted by Gasteiger charge is -2.13. The van der Waals surface area contributed by atoms with Gasteiger partial charge in [-0.15, -0.1) is 0 Å². The van der Waals surface area contributed by atoms with Gasteiger partial charge in [-0.25, -0.2) is 14.2 Å². The average Bonchev–Trinajstić information content (AvgIpc) is 2.19. The zero-order chi connectivity index (χ0) is 13.0. The molecule has 6 nitrogen and oxygen atoms in total. The highest BCUT2D eigenvalue weighted by molar-refractivity contribution is 5.88. The molecule has 1 amide bonds. The number of nitrogens with one attached hydrogen (secondary N) is 1. The molecule has 0 saturated heterocycles. The van der Waals surface area contributed by atoms with E-state index < -0.39 is 29.3 Å². The highest BCUT2D eigenvalue weighted by atomic mass is 19.1. The van der Waals surface area contributed by atoms with E-state index in [4.69, 9.17) is 10.8 Å². The maximum Gasteiger partial charge on any atom is 0.338 e. The van der Waals surface area contributed by atoms with Crippen LogP contribution in [0.1, 0.15) is 23.7 Å². The minimum Gasteiger partial charge on any atom is -0.478 e. The van der Waals surface area contributed by atoms with Crippen molar-refractivity contribution in [2.24, 2.45) is 5.73 Å². The van der Waals surface area contributed by atoms with E-state index in [0.717, 1.165) is 6.07 Å². The fourth-order valence-corrected chi connectivity index (χ4v) is 1.30. The van der Waals surface area contributed by atoms with Gasteiger partial charge in [0.05, 0.1) is 0 Å². The van der Waals surface area contributed by atoms with E-state index in [1.807, 2.05) is 0 Å². The molecule has 0 spiro atoms. The molecule has 0 aromatic carbocycles. The molecule has 0 saturated carbocycles. The predicted octanol–water partition coefficient (Wildman–Crippen LogP) is 0.595. The summed E-state index contributed by atoms with van der Waals surface area (Å²) >= 11 is 0. The Morgan fingerprint density at radius 3 is 2.82 bits per heavy atom. The highest BCUT2D eigenvalue weighted by Crippen LogP contribution is 2.16. The molecule has 0 bridgehead atoms. The number of nitrogens with zero attached hydrogens (tertiary/aromatic N) is 1. The number of nitrogens with two attached hydrogens (primary N) is 1. The molecule has 0 radical (unpaired) electrons. The van der Waals surface area contributed by atoms with Crippen LogP contribution < -0.4 is 11.1 Å². The molecule has 1 heterocycles. The Labute approximate surface area is 96.6 Å². The summed E-state index contributed by atoms with van der Waals surface area (Å²) in [6.07, 6.45) is 1.17. The summed E-state index contributed by atoms with van der Waals surface area (Å²) < 4.78 is 13.6. The summed E-state index contributed by atoms with van der Waals surface area (Å²) in [6.45, 7) is 1.61. The van der Waals surface area contributed by atoms with E-state index in [9.17, 15) is 14.0 Å². The molecular weight excluding hydrogens is 229 g/mol. The SMILES string of the molecule is CC(CC(N)=O)Nc1nccc(C(=O)O)c1F. The van der Waals surface area contributed by atoms with Crippen LogP contribution in [0, 0.1) is 5.82 Å². The number of hydrogen-bond acceptors (Lipinski definition) is 4. The second-order valence-electron chi connectivity index (χ2n) is 3.54. The quantitative estimate of drug-likeness (QED) is 0.699. The van der Waals surface area contributed by atoms with Crippen molar-refractivity contribution in [2.45, 2.75) is 19.4 Å². The van der Waals surface area contributed by atoms with E-state index >= 15 is 0 Å². The third kappa shape index (κ3) is 3.40. The molecule has 0 aliphatic carbocycles. The Hall–Kier alpha value is -2.18. The number of primary amides is 1. The normalized spacial score (nSPS) is 11.9. The molecular formula is C10H12FN3O3. The lowest BCUT2D eigenvalue weighted by molar-refractivity contribution is -0.118. The summed E-state index contributed by atoms with van der Waals surface area (Å²) in [4.78, 5) is 25.0. The maximum absolute atomic E-state index is 13.6. The van der Waals surface area contributed by atoms with Crippen LogP contribution in [0.3, 0.4) is 0 Å². The van der Waals surface area contributed by atoms with Crippen molar-refractivity contribution in [3.63, 3.8) is 0 Å². The van der Waals surface area contributed by atoms with E-state index in [2.05, 4.69) is 10.3 Å². The number of amides is 1. The molecule has 1 rings (SSSR count). The van der Waals surface area contributed by atoms with Gasteiger partial charge in [-0.2, -0.15) is 0 Å². The van der Waals surface area contributed by atoms with Crippen LogP contribution in [0.4, 0.5) is 10.2 Å². The smallest absolute Gasteiger partial charge is 0.338 e. The number of carbonyl (C=O) groups excluding carboxylic acids is 1. The molecule has 1 aromatic heterocycles. The Morgan fingerprint density at radius 1 is 1.65 bits per heavy atom. The van der Waals surface area contributed by atoms with Crippen molar-refractivity contribution < 1.29 is 19.1 Å². The van der Waals surface area contributed by atoms with Crippen LogP contribution in [-0.4, -0.2) is 28.0 Å². The third-order valence-electron chi connectivity index (χ3n) is 2.01. The number of rotatable bonds is 5. The summed E-state index contributed by atoms with van der Waals surface area (Å²) in [5.74, 6) is -3.09. The first-order chi connectivity index (χ1) is 7.91. The second kappa shape index (κ2) is 5.24.